The average Bonchev–Trinajstić information content (AvgIpc) is 2.99. The van der Waals surface area contributed by atoms with Gasteiger partial charge in [0.15, 0.2) is 0 Å². The lowest BCUT2D eigenvalue weighted by atomic mass is 9.98. The van der Waals surface area contributed by atoms with Crippen molar-refractivity contribution in [3.05, 3.63) is 58.8 Å². The van der Waals surface area contributed by atoms with E-state index in [0.29, 0.717) is 21.9 Å². The fourth-order valence-electron chi connectivity index (χ4n) is 2.88. The molecule has 1 atom stereocenters. The van der Waals surface area contributed by atoms with Crippen LogP contribution in [0.5, 0.6) is 0 Å². The van der Waals surface area contributed by atoms with E-state index in [1.165, 1.54) is 18.3 Å². The predicted molar refractivity (Wildman–Crippen MR) is 91.1 cm³/mol. The number of amides is 2. The molecule has 3 aromatic rings. The highest BCUT2D eigenvalue weighted by atomic mass is 35.5. The molecule has 0 bridgehead atoms. The third-order valence-electron chi connectivity index (χ3n) is 4.12. The number of hydrogen-bond donors (Lipinski definition) is 3. The van der Waals surface area contributed by atoms with Crippen LogP contribution in [0.4, 0.5) is 10.1 Å². The summed E-state index contributed by atoms with van der Waals surface area (Å²) < 4.78 is 13.9. The first kappa shape index (κ1) is 15.6. The van der Waals surface area contributed by atoms with Gasteiger partial charge in [0.25, 0.3) is 5.91 Å². The van der Waals surface area contributed by atoms with Crippen LogP contribution in [0.15, 0.2) is 36.5 Å². The molecule has 1 aromatic carbocycles. The number of nitrogens with zero attached hydrogens (tertiary/aromatic N) is 1. The molecular weight excluding hydrogens is 347 g/mol. The monoisotopic (exact) mass is 358 g/mol. The molecule has 0 aliphatic carbocycles. The summed E-state index contributed by atoms with van der Waals surface area (Å²) in [7, 11) is 0. The van der Waals surface area contributed by atoms with Crippen molar-refractivity contribution < 1.29 is 14.0 Å². The van der Waals surface area contributed by atoms with E-state index in [-0.39, 0.29) is 18.0 Å². The second kappa shape index (κ2) is 5.86. The van der Waals surface area contributed by atoms with Crippen LogP contribution in [0.1, 0.15) is 16.1 Å². The number of anilines is 1. The normalized spacial score (nSPS) is 16.4. The van der Waals surface area contributed by atoms with Crippen molar-refractivity contribution in [2.75, 3.05) is 5.32 Å². The van der Waals surface area contributed by atoms with Gasteiger partial charge >= 0.3 is 0 Å². The molecule has 2 amide bonds. The minimum Gasteiger partial charge on any atom is -0.349 e. The number of carbonyl (C=O) groups excluding carboxylic acids is 2. The first-order valence-corrected chi connectivity index (χ1v) is 7.92. The molecule has 1 aliphatic rings. The van der Waals surface area contributed by atoms with E-state index in [4.69, 9.17) is 11.6 Å². The highest BCUT2D eigenvalue weighted by Gasteiger charge is 2.29. The minimum atomic E-state index is -0.856. The van der Waals surface area contributed by atoms with Gasteiger partial charge in [-0.3, -0.25) is 9.59 Å². The SMILES string of the molecule is O=C(NC1Cc2c(F)cccc2NC1=O)c1cc2cc(Cl)ncc2[nH]1. The van der Waals surface area contributed by atoms with Crippen LogP contribution in [-0.4, -0.2) is 27.8 Å². The van der Waals surface area contributed by atoms with Gasteiger partial charge in [-0.05, 0) is 24.3 Å². The molecule has 0 saturated heterocycles. The summed E-state index contributed by atoms with van der Waals surface area (Å²) in [5.41, 5.74) is 1.73. The molecule has 2 aromatic heterocycles. The van der Waals surface area contributed by atoms with Crippen LogP contribution < -0.4 is 10.6 Å². The number of hydrogen-bond acceptors (Lipinski definition) is 3. The molecular formula is C17H12ClFN4O2. The highest BCUT2D eigenvalue weighted by Crippen LogP contribution is 2.25. The first-order chi connectivity index (χ1) is 12.0. The van der Waals surface area contributed by atoms with Crippen molar-refractivity contribution in [1.29, 1.82) is 0 Å². The number of pyridine rings is 1. The number of aromatic amines is 1. The largest absolute Gasteiger partial charge is 0.349 e. The van der Waals surface area contributed by atoms with Crippen LogP contribution in [-0.2, 0) is 11.2 Å². The predicted octanol–water partition coefficient (Wildman–Crippen LogP) is 2.65. The lowest BCUT2D eigenvalue weighted by molar-refractivity contribution is -0.118. The van der Waals surface area contributed by atoms with Crippen molar-refractivity contribution in [2.45, 2.75) is 12.5 Å². The second-order valence-electron chi connectivity index (χ2n) is 5.76. The Labute approximate surface area is 146 Å². The zero-order valence-corrected chi connectivity index (χ0v) is 13.5. The lowest BCUT2D eigenvalue weighted by Crippen LogP contribution is -2.47. The molecule has 3 heterocycles. The molecule has 8 heteroatoms. The number of rotatable bonds is 2. The summed E-state index contributed by atoms with van der Waals surface area (Å²) in [4.78, 5) is 31.5. The fourth-order valence-corrected chi connectivity index (χ4v) is 3.05. The smallest absolute Gasteiger partial charge is 0.268 e. The number of halogens is 2. The maximum absolute atomic E-state index is 13.9. The van der Waals surface area contributed by atoms with Gasteiger partial charge in [-0.1, -0.05) is 17.7 Å². The second-order valence-corrected chi connectivity index (χ2v) is 6.15. The van der Waals surface area contributed by atoms with Gasteiger partial charge in [-0.15, -0.1) is 0 Å². The number of fused-ring (bicyclic) bond motifs is 2. The Morgan fingerprint density at radius 2 is 2.20 bits per heavy atom. The molecule has 25 heavy (non-hydrogen) atoms. The Balaban J connectivity index is 1.57. The fraction of sp³-hybridized carbons (Fsp3) is 0.118. The molecule has 4 rings (SSSR count). The van der Waals surface area contributed by atoms with Crippen LogP contribution in [0.3, 0.4) is 0 Å². The van der Waals surface area contributed by atoms with E-state index in [2.05, 4.69) is 20.6 Å². The highest BCUT2D eigenvalue weighted by molar-refractivity contribution is 6.30. The number of benzene rings is 1. The van der Waals surface area contributed by atoms with E-state index in [9.17, 15) is 14.0 Å². The number of nitrogens with one attached hydrogen (secondary N) is 3. The van der Waals surface area contributed by atoms with E-state index in [1.54, 1.807) is 18.2 Å². The summed E-state index contributed by atoms with van der Waals surface area (Å²) in [6, 6.07) is 6.87. The first-order valence-electron chi connectivity index (χ1n) is 7.54. The maximum atomic E-state index is 13.9. The quantitative estimate of drug-likeness (QED) is 0.615. The van der Waals surface area contributed by atoms with Crippen molar-refractivity contribution in [2.24, 2.45) is 0 Å². The van der Waals surface area contributed by atoms with Gasteiger partial charge < -0.3 is 15.6 Å². The Morgan fingerprint density at radius 3 is 3.04 bits per heavy atom. The summed E-state index contributed by atoms with van der Waals surface area (Å²) in [5, 5.41) is 6.28. The molecule has 3 N–H and O–H groups in total. The van der Waals surface area contributed by atoms with E-state index in [1.807, 2.05) is 0 Å². The van der Waals surface area contributed by atoms with Gasteiger partial charge in [0.1, 0.15) is 22.7 Å². The zero-order chi connectivity index (χ0) is 17.6. The maximum Gasteiger partial charge on any atom is 0.268 e. The Kier molecular flexibility index (Phi) is 3.65. The van der Waals surface area contributed by atoms with Gasteiger partial charge in [-0.25, -0.2) is 9.37 Å². The summed E-state index contributed by atoms with van der Waals surface area (Å²) in [6.07, 6.45) is 1.61. The number of H-pyrrole nitrogens is 1. The topological polar surface area (TPSA) is 86.9 Å². The number of aromatic nitrogens is 2. The Hall–Kier alpha value is -2.93. The summed E-state index contributed by atoms with van der Waals surface area (Å²) >= 11 is 5.83. The van der Waals surface area contributed by atoms with Crippen molar-refractivity contribution in [3.8, 4) is 0 Å². The van der Waals surface area contributed by atoms with Crippen LogP contribution in [0, 0.1) is 5.82 Å². The minimum absolute atomic E-state index is 0.0905. The molecule has 0 radical (unpaired) electrons. The van der Waals surface area contributed by atoms with Crippen LogP contribution in [0.2, 0.25) is 5.15 Å². The Bertz CT molecular complexity index is 1020. The molecule has 1 aliphatic heterocycles. The van der Waals surface area contributed by atoms with Crippen LogP contribution in [0.25, 0.3) is 10.9 Å². The zero-order valence-electron chi connectivity index (χ0n) is 12.8. The Morgan fingerprint density at radius 1 is 1.36 bits per heavy atom. The average molecular weight is 359 g/mol. The van der Waals surface area contributed by atoms with Gasteiger partial charge in [0, 0.05) is 23.1 Å². The van der Waals surface area contributed by atoms with Crippen molar-refractivity contribution >= 4 is 40.0 Å². The summed E-state index contributed by atoms with van der Waals surface area (Å²) in [6.45, 7) is 0. The molecule has 0 fully saturated rings. The van der Waals surface area contributed by atoms with E-state index >= 15 is 0 Å². The third kappa shape index (κ3) is 2.83. The van der Waals surface area contributed by atoms with Gasteiger partial charge in [-0.2, -0.15) is 0 Å². The standard InChI is InChI=1S/C17H12ClFN4O2/c18-15-5-8-4-12(21-14(8)7-20-15)16(24)23-13-6-9-10(19)2-1-3-11(9)22-17(13)25/h1-5,7,13,21H,6H2,(H,22,25)(H,23,24). The van der Waals surface area contributed by atoms with Crippen molar-refractivity contribution in [1.82, 2.24) is 15.3 Å². The number of carbonyl (C=O) groups is 2. The van der Waals surface area contributed by atoms with E-state index in [0.717, 1.165) is 5.39 Å². The molecule has 126 valence electrons. The molecule has 0 spiro atoms. The molecule has 1 unspecified atom stereocenters. The third-order valence-corrected chi connectivity index (χ3v) is 4.33. The van der Waals surface area contributed by atoms with Gasteiger partial charge in [0.2, 0.25) is 5.91 Å². The summed E-state index contributed by atoms with van der Waals surface area (Å²) in [5.74, 6) is -1.26. The van der Waals surface area contributed by atoms with Gasteiger partial charge in [0.05, 0.1) is 11.7 Å². The van der Waals surface area contributed by atoms with E-state index < -0.39 is 17.8 Å². The van der Waals surface area contributed by atoms with Crippen LogP contribution >= 0.6 is 11.6 Å². The van der Waals surface area contributed by atoms with Crippen molar-refractivity contribution in [3.63, 3.8) is 0 Å². The molecule has 6 nitrogen and oxygen atoms in total. The molecule has 0 saturated carbocycles. The lowest BCUT2D eigenvalue weighted by Gasteiger charge is -2.25.